The van der Waals surface area contributed by atoms with E-state index in [1.165, 1.54) is 0 Å². The number of rotatable bonds is 6. The highest BCUT2D eigenvalue weighted by molar-refractivity contribution is 5.92. The third-order valence-electron chi connectivity index (χ3n) is 4.46. The maximum absolute atomic E-state index is 12.3. The second-order valence-electron chi connectivity index (χ2n) is 7.83. The van der Waals surface area contributed by atoms with Crippen LogP contribution in [0.4, 0.5) is 5.69 Å². The molecular weight excluding hydrogens is 344 g/mol. The normalized spacial score (nSPS) is 15.3. The molecule has 27 heavy (non-hydrogen) atoms. The molecule has 1 heterocycles. The summed E-state index contributed by atoms with van der Waals surface area (Å²) in [6.07, 6.45) is 0.302. The fourth-order valence-corrected chi connectivity index (χ4v) is 2.79. The summed E-state index contributed by atoms with van der Waals surface area (Å²) in [5.74, 6) is -0.0620. The minimum Gasteiger partial charge on any atom is -0.355 e. The zero-order valence-corrected chi connectivity index (χ0v) is 16.5. The molecule has 0 radical (unpaired) electrons. The Balaban J connectivity index is 1.66. The van der Waals surface area contributed by atoms with E-state index in [-0.39, 0.29) is 17.7 Å². The molecule has 148 valence electrons. The molecule has 0 unspecified atom stereocenters. The van der Waals surface area contributed by atoms with E-state index >= 15 is 0 Å². The molecule has 3 amide bonds. The molecule has 0 aliphatic carbocycles. The number of carbonyl (C=O) groups is 3. The van der Waals surface area contributed by atoms with Crippen LogP contribution in [0.25, 0.3) is 0 Å². The lowest BCUT2D eigenvalue weighted by atomic mass is 9.96. The van der Waals surface area contributed by atoms with Gasteiger partial charge < -0.3 is 15.5 Å². The van der Waals surface area contributed by atoms with E-state index in [1.54, 1.807) is 4.90 Å². The third kappa shape index (κ3) is 7.02. The summed E-state index contributed by atoms with van der Waals surface area (Å²) in [7, 11) is 0. The maximum Gasteiger partial charge on any atom is 0.238 e. The lowest BCUT2D eigenvalue weighted by Gasteiger charge is -2.34. The zero-order valence-electron chi connectivity index (χ0n) is 16.5. The van der Waals surface area contributed by atoms with Crippen LogP contribution < -0.4 is 10.6 Å². The van der Waals surface area contributed by atoms with Crippen molar-refractivity contribution < 1.29 is 14.4 Å². The lowest BCUT2D eigenvalue weighted by molar-refractivity contribution is -0.133. The molecule has 0 atom stereocenters. The molecule has 0 aromatic heterocycles. The van der Waals surface area contributed by atoms with Crippen molar-refractivity contribution in [2.75, 3.05) is 44.6 Å². The van der Waals surface area contributed by atoms with E-state index in [1.807, 2.05) is 56.0 Å². The van der Waals surface area contributed by atoms with Gasteiger partial charge in [0.15, 0.2) is 0 Å². The number of hydrogen-bond acceptors (Lipinski definition) is 4. The molecule has 7 heteroatoms. The van der Waals surface area contributed by atoms with Crippen molar-refractivity contribution in [3.63, 3.8) is 0 Å². The minimum atomic E-state index is -0.449. The van der Waals surface area contributed by atoms with E-state index in [4.69, 9.17) is 0 Å². The van der Waals surface area contributed by atoms with Crippen LogP contribution in [0.2, 0.25) is 0 Å². The smallest absolute Gasteiger partial charge is 0.238 e. The van der Waals surface area contributed by atoms with Gasteiger partial charge in [-0.3, -0.25) is 19.3 Å². The number of carbonyl (C=O) groups excluding carboxylic acids is 3. The predicted octanol–water partition coefficient (Wildman–Crippen LogP) is 1.32. The molecule has 1 aliphatic heterocycles. The molecule has 2 rings (SSSR count). The number of piperazine rings is 1. The first kappa shape index (κ1) is 20.9. The highest BCUT2D eigenvalue weighted by atomic mass is 16.2. The van der Waals surface area contributed by atoms with Crippen molar-refractivity contribution in [3.05, 3.63) is 30.3 Å². The fourth-order valence-electron chi connectivity index (χ4n) is 2.79. The molecular formula is C20H30N4O3. The first-order valence-corrected chi connectivity index (χ1v) is 9.39. The number of para-hydroxylation sites is 1. The van der Waals surface area contributed by atoms with E-state index < -0.39 is 5.41 Å². The van der Waals surface area contributed by atoms with Gasteiger partial charge in [-0.15, -0.1) is 0 Å². The van der Waals surface area contributed by atoms with Gasteiger partial charge in [-0.05, 0) is 12.1 Å². The summed E-state index contributed by atoms with van der Waals surface area (Å²) < 4.78 is 0. The van der Waals surface area contributed by atoms with Gasteiger partial charge in [0.25, 0.3) is 0 Å². The van der Waals surface area contributed by atoms with Gasteiger partial charge in [-0.25, -0.2) is 0 Å². The first-order chi connectivity index (χ1) is 12.8. The van der Waals surface area contributed by atoms with Crippen LogP contribution in [0.5, 0.6) is 0 Å². The third-order valence-corrected chi connectivity index (χ3v) is 4.46. The van der Waals surface area contributed by atoms with Gasteiger partial charge in [0.1, 0.15) is 0 Å². The van der Waals surface area contributed by atoms with Crippen molar-refractivity contribution in [1.29, 1.82) is 0 Å². The van der Waals surface area contributed by atoms with E-state index in [0.717, 1.165) is 5.69 Å². The number of nitrogens with one attached hydrogen (secondary N) is 2. The summed E-state index contributed by atoms with van der Waals surface area (Å²) in [6, 6.07) is 9.37. The second kappa shape index (κ2) is 9.50. The van der Waals surface area contributed by atoms with Crippen molar-refractivity contribution >= 4 is 23.4 Å². The van der Waals surface area contributed by atoms with E-state index in [0.29, 0.717) is 45.7 Å². The molecule has 0 bridgehead atoms. The molecule has 1 fully saturated rings. The monoisotopic (exact) mass is 374 g/mol. The van der Waals surface area contributed by atoms with Gasteiger partial charge in [-0.1, -0.05) is 39.0 Å². The fraction of sp³-hybridized carbons (Fsp3) is 0.550. The van der Waals surface area contributed by atoms with Gasteiger partial charge in [0, 0.05) is 50.2 Å². The molecule has 1 saturated heterocycles. The number of anilines is 1. The molecule has 7 nitrogen and oxygen atoms in total. The van der Waals surface area contributed by atoms with Crippen molar-refractivity contribution in [1.82, 2.24) is 15.1 Å². The van der Waals surface area contributed by atoms with E-state index in [2.05, 4.69) is 10.6 Å². The summed E-state index contributed by atoms with van der Waals surface area (Å²) in [5.41, 5.74) is 0.336. The lowest BCUT2D eigenvalue weighted by Crippen LogP contribution is -2.51. The Morgan fingerprint density at radius 1 is 1.00 bits per heavy atom. The van der Waals surface area contributed by atoms with Gasteiger partial charge in [0.2, 0.25) is 17.7 Å². The van der Waals surface area contributed by atoms with Crippen LogP contribution in [0, 0.1) is 5.41 Å². The van der Waals surface area contributed by atoms with Crippen molar-refractivity contribution in [2.45, 2.75) is 27.2 Å². The molecule has 0 spiro atoms. The Kier molecular flexibility index (Phi) is 7.36. The predicted molar refractivity (Wildman–Crippen MR) is 105 cm³/mol. The van der Waals surface area contributed by atoms with Gasteiger partial charge >= 0.3 is 0 Å². The number of hydrogen-bond donors (Lipinski definition) is 2. The Morgan fingerprint density at radius 3 is 2.22 bits per heavy atom. The number of amides is 3. The highest BCUT2D eigenvalue weighted by Crippen LogP contribution is 2.12. The van der Waals surface area contributed by atoms with Crippen LogP contribution in [0.1, 0.15) is 27.2 Å². The van der Waals surface area contributed by atoms with Crippen LogP contribution >= 0.6 is 0 Å². The minimum absolute atomic E-state index is 0.0394. The Bertz CT molecular complexity index is 647. The molecule has 2 N–H and O–H groups in total. The van der Waals surface area contributed by atoms with Crippen molar-refractivity contribution in [3.8, 4) is 0 Å². The largest absolute Gasteiger partial charge is 0.355 e. The van der Waals surface area contributed by atoms with Crippen LogP contribution in [-0.4, -0.2) is 66.8 Å². The van der Waals surface area contributed by atoms with Crippen LogP contribution in [-0.2, 0) is 14.4 Å². The average Bonchev–Trinajstić information content (AvgIpc) is 2.62. The zero-order chi connectivity index (χ0) is 19.9. The average molecular weight is 374 g/mol. The molecule has 1 aromatic carbocycles. The highest BCUT2D eigenvalue weighted by Gasteiger charge is 2.24. The Morgan fingerprint density at radius 2 is 1.63 bits per heavy atom. The Labute approximate surface area is 161 Å². The molecule has 1 aliphatic rings. The summed E-state index contributed by atoms with van der Waals surface area (Å²) in [4.78, 5) is 40.0. The van der Waals surface area contributed by atoms with E-state index in [9.17, 15) is 14.4 Å². The molecule has 1 aromatic rings. The Hall–Kier alpha value is -2.41. The number of benzene rings is 1. The summed E-state index contributed by atoms with van der Waals surface area (Å²) in [5, 5.41) is 5.67. The maximum atomic E-state index is 12.3. The van der Waals surface area contributed by atoms with Gasteiger partial charge in [0.05, 0.1) is 6.54 Å². The first-order valence-electron chi connectivity index (χ1n) is 9.39. The topological polar surface area (TPSA) is 81.8 Å². The summed E-state index contributed by atoms with van der Waals surface area (Å²) in [6.45, 7) is 8.75. The van der Waals surface area contributed by atoms with Crippen molar-refractivity contribution in [2.24, 2.45) is 5.41 Å². The SMILES string of the molecule is CC(C)(C)C(=O)NCCC(=O)N1CCN(CC(=O)Nc2ccccc2)CC1. The van der Waals surface area contributed by atoms with Crippen LogP contribution in [0.15, 0.2) is 30.3 Å². The second-order valence-corrected chi connectivity index (χ2v) is 7.83. The van der Waals surface area contributed by atoms with Crippen LogP contribution in [0.3, 0.4) is 0 Å². The van der Waals surface area contributed by atoms with Gasteiger partial charge in [-0.2, -0.15) is 0 Å². The standard InChI is InChI=1S/C20H30N4O3/c1-20(2,3)19(27)21-10-9-18(26)24-13-11-23(12-14-24)15-17(25)22-16-7-5-4-6-8-16/h4-8H,9-15H2,1-3H3,(H,21,27)(H,22,25). The number of nitrogens with zero attached hydrogens (tertiary/aromatic N) is 2. The quantitative estimate of drug-likeness (QED) is 0.787. The molecule has 0 saturated carbocycles. The summed E-state index contributed by atoms with van der Waals surface area (Å²) >= 11 is 0.